The van der Waals surface area contributed by atoms with Gasteiger partial charge in [0.25, 0.3) is 0 Å². The molecule has 0 bridgehead atoms. The van der Waals surface area contributed by atoms with E-state index in [-0.39, 0.29) is 0 Å². The van der Waals surface area contributed by atoms with Crippen molar-refractivity contribution >= 4 is 0 Å². The van der Waals surface area contributed by atoms with Gasteiger partial charge in [0, 0.05) is 12.6 Å². The Hall–Kier alpha value is -0.0800. The summed E-state index contributed by atoms with van der Waals surface area (Å²) in [6.07, 6.45) is 12.6. The minimum Gasteiger partial charge on any atom is -0.377 e. The number of ether oxygens (including phenoxy) is 1. The van der Waals surface area contributed by atoms with Gasteiger partial charge < -0.3 is 4.74 Å². The molecule has 2 nitrogen and oxygen atoms in total. The average Bonchev–Trinajstić information content (AvgIpc) is 2.56. The van der Waals surface area contributed by atoms with Crippen LogP contribution in [0.4, 0.5) is 0 Å². The molecule has 0 aromatic carbocycles. The second-order valence-electron chi connectivity index (χ2n) is 8.28. The first-order valence-electron chi connectivity index (χ1n) is 9.92. The summed E-state index contributed by atoms with van der Waals surface area (Å²) in [7, 11) is 0. The van der Waals surface area contributed by atoms with Gasteiger partial charge in [0.05, 0.1) is 12.7 Å². The first-order chi connectivity index (χ1) is 10.6. The Labute approximate surface area is 139 Å². The van der Waals surface area contributed by atoms with E-state index < -0.39 is 0 Å². The number of piperidine rings is 1. The molecule has 1 saturated carbocycles. The summed E-state index contributed by atoms with van der Waals surface area (Å²) in [5, 5.41) is 0. The van der Waals surface area contributed by atoms with E-state index in [4.69, 9.17) is 4.74 Å². The Bertz CT molecular complexity index is 307. The molecule has 0 N–H and O–H groups in total. The molecule has 1 unspecified atom stereocenters. The SMILES string of the molecule is CCC1CCCCN1CCOC1CCC(C(C)(C)CC)CC1. The molecule has 0 aromatic rings. The zero-order chi connectivity index (χ0) is 16.0. The summed E-state index contributed by atoms with van der Waals surface area (Å²) >= 11 is 0. The topological polar surface area (TPSA) is 12.5 Å². The second-order valence-corrected chi connectivity index (χ2v) is 8.28. The molecule has 2 heteroatoms. The van der Waals surface area contributed by atoms with Crippen molar-refractivity contribution < 1.29 is 4.74 Å². The molecule has 130 valence electrons. The van der Waals surface area contributed by atoms with E-state index in [1.807, 2.05) is 0 Å². The van der Waals surface area contributed by atoms with E-state index in [1.165, 1.54) is 64.3 Å². The Morgan fingerprint density at radius 1 is 1.00 bits per heavy atom. The fourth-order valence-electron chi connectivity index (χ4n) is 4.45. The van der Waals surface area contributed by atoms with Crippen LogP contribution in [-0.4, -0.2) is 36.7 Å². The number of likely N-dealkylation sites (tertiary alicyclic amines) is 1. The van der Waals surface area contributed by atoms with Gasteiger partial charge in [-0.15, -0.1) is 0 Å². The van der Waals surface area contributed by atoms with E-state index in [0.29, 0.717) is 11.5 Å². The molecule has 1 atom stereocenters. The third kappa shape index (κ3) is 4.96. The largest absolute Gasteiger partial charge is 0.377 e. The monoisotopic (exact) mass is 309 g/mol. The van der Waals surface area contributed by atoms with Gasteiger partial charge >= 0.3 is 0 Å². The molecule has 22 heavy (non-hydrogen) atoms. The van der Waals surface area contributed by atoms with Crippen molar-refractivity contribution in [3.8, 4) is 0 Å². The van der Waals surface area contributed by atoms with Crippen LogP contribution in [0.5, 0.6) is 0 Å². The van der Waals surface area contributed by atoms with E-state index in [2.05, 4.69) is 32.6 Å². The summed E-state index contributed by atoms with van der Waals surface area (Å²) in [5.74, 6) is 0.906. The van der Waals surface area contributed by atoms with Crippen molar-refractivity contribution in [2.24, 2.45) is 11.3 Å². The van der Waals surface area contributed by atoms with Gasteiger partial charge in [0.1, 0.15) is 0 Å². The van der Waals surface area contributed by atoms with Gasteiger partial charge in [-0.1, -0.05) is 40.5 Å². The summed E-state index contributed by atoms with van der Waals surface area (Å²) < 4.78 is 6.23. The van der Waals surface area contributed by atoms with Crippen LogP contribution in [0.3, 0.4) is 0 Å². The standard InChI is InChI=1S/C20H39NO/c1-5-18-9-7-8-14-21(18)15-16-22-19-12-10-17(11-13-19)20(3,4)6-2/h17-19H,5-16H2,1-4H3. The first-order valence-corrected chi connectivity index (χ1v) is 9.92. The van der Waals surface area contributed by atoms with E-state index in [1.54, 1.807) is 0 Å². The molecule has 1 aliphatic heterocycles. The smallest absolute Gasteiger partial charge is 0.0597 e. The van der Waals surface area contributed by atoms with Gasteiger partial charge in [-0.2, -0.15) is 0 Å². The number of nitrogens with zero attached hydrogens (tertiary/aromatic N) is 1. The quantitative estimate of drug-likeness (QED) is 0.636. The van der Waals surface area contributed by atoms with Crippen molar-refractivity contribution in [2.45, 2.75) is 97.6 Å². The third-order valence-corrected chi connectivity index (χ3v) is 6.64. The van der Waals surface area contributed by atoms with Crippen LogP contribution in [0.25, 0.3) is 0 Å². The highest BCUT2D eigenvalue weighted by Gasteiger charge is 2.32. The van der Waals surface area contributed by atoms with Gasteiger partial charge in [-0.3, -0.25) is 4.90 Å². The molecule has 2 aliphatic rings. The average molecular weight is 310 g/mol. The lowest BCUT2D eigenvalue weighted by molar-refractivity contribution is -0.0145. The molecule has 0 aromatic heterocycles. The third-order valence-electron chi connectivity index (χ3n) is 6.64. The Balaban J connectivity index is 1.64. The van der Waals surface area contributed by atoms with Crippen LogP contribution in [0.15, 0.2) is 0 Å². The normalized spacial score (nSPS) is 31.4. The van der Waals surface area contributed by atoms with Crippen LogP contribution in [0.1, 0.15) is 85.5 Å². The Morgan fingerprint density at radius 3 is 2.36 bits per heavy atom. The van der Waals surface area contributed by atoms with Gasteiger partial charge in [-0.25, -0.2) is 0 Å². The molecular formula is C20H39NO. The zero-order valence-electron chi connectivity index (χ0n) is 15.6. The van der Waals surface area contributed by atoms with Crippen molar-refractivity contribution in [3.63, 3.8) is 0 Å². The summed E-state index contributed by atoms with van der Waals surface area (Å²) in [4.78, 5) is 2.68. The summed E-state index contributed by atoms with van der Waals surface area (Å²) in [6.45, 7) is 13.0. The zero-order valence-corrected chi connectivity index (χ0v) is 15.6. The van der Waals surface area contributed by atoms with Crippen molar-refractivity contribution in [1.82, 2.24) is 4.90 Å². The van der Waals surface area contributed by atoms with Crippen LogP contribution >= 0.6 is 0 Å². The van der Waals surface area contributed by atoms with Gasteiger partial charge in [0.2, 0.25) is 0 Å². The number of hydrogen-bond donors (Lipinski definition) is 0. The molecule has 1 saturated heterocycles. The lowest BCUT2D eigenvalue weighted by atomic mass is 9.69. The minimum absolute atomic E-state index is 0.521. The highest BCUT2D eigenvalue weighted by Crippen LogP contribution is 2.40. The Kier molecular flexibility index (Phi) is 7.21. The molecular weight excluding hydrogens is 270 g/mol. The molecule has 0 radical (unpaired) electrons. The van der Waals surface area contributed by atoms with Gasteiger partial charge in [-0.05, 0) is 62.8 Å². The predicted octanol–water partition coefficient (Wildman–Crippen LogP) is 5.26. The van der Waals surface area contributed by atoms with Gasteiger partial charge in [0.15, 0.2) is 0 Å². The van der Waals surface area contributed by atoms with Crippen LogP contribution < -0.4 is 0 Å². The molecule has 2 fully saturated rings. The van der Waals surface area contributed by atoms with Crippen molar-refractivity contribution in [3.05, 3.63) is 0 Å². The maximum absolute atomic E-state index is 6.23. The van der Waals surface area contributed by atoms with E-state index in [0.717, 1.165) is 25.1 Å². The fraction of sp³-hybridized carbons (Fsp3) is 1.00. The predicted molar refractivity (Wildman–Crippen MR) is 95.3 cm³/mol. The molecule has 0 spiro atoms. The highest BCUT2D eigenvalue weighted by molar-refractivity contribution is 4.83. The maximum Gasteiger partial charge on any atom is 0.0597 e. The second kappa shape index (κ2) is 8.68. The van der Waals surface area contributed by atoms with Crippen LogP contribution in [0, 0.1) is 11.3 Å². The summed E-state index contributed by atoms with van der Waals surface area (Å²) in [5.41, 5.74) is 0.521. The molecule has 1 aliphatic carbocycles. The van der Waals surface area contributed by atoms with Crippen LogP contribution in [-0.2, 0) is 4.74 Å². The fourth-order valence-corrected chi connectivity index (χ4v) is 4.45. The molecule has 1 heterocycles. The molecule has 2 rings (SSSR count). The maximum atomic E-state index is 6.23. The molecule has 0 amide bonds. The minimum atomic E-state index is 0.521. The highest BCUT2D eigenvalue weighted by atomic mass is 16.5. The van der Waals surface area contributed by atoms with E-state index >= 15 is 0 Å². The number of rotatable bonds is 7. The van der Waals surface area contributed by atoms with Crippen LogP contribution in [0.2, 0.25) is 0 Å². The first kappa shape index (κ1) is 18.3. The van der Waals surface area contributed by atoms with E-state index in [9.17, 15) is 0 Å². The number of hydrogen-bond acceptors (Lipinski definition) is 2. The summed E-state index contributed by atoms with van der Waals surface area (Å²) in [6, 6.07) is 0.818. The lowest BCUT2D eigenvalue weighted by Gasteiger charge is -2.39. The lowest BCUT2D eigenvalue weighted by Crippen LogP contribution is -2.41. The van der Waals surface area contributed by atoms with Crippen molar-refractivity contribution in [2.75, 3.05) is 19.7 Å². The van der Waals surface area contributed by atoms with Crippen molar-refractivity contribution in [1.29, 1.82) is 0 Å². The Morgan fingerprint density at radius 2 is 1.73 bits per heavy atom.